The Morgan fingerprint density at radius 3 is 2.57 bits per heavy atom. The minimum Gasteiger partial charge on any atom is -0.307 e. The average Bonchev–Trinajstić information content (AvgIpc) is 3.47. The molecule has 1 fully saturated rings. The number of nitrogens with zero attached hydrogens (tertiary/aromatic N) is 3. The molecule has 0 aliphatic heterocycles. The molecule has 0 spiro atoms. The van der Waals surface area contributed by atoms with Crippen LogP contribution in [0.25, 0.3) is 11.4 Å². The van der Waals surface area contributed by atoms with E-state index in [2.05, 4.69) is 51.2 Å². The van der Waals surface area contributed by atoms with Gasteiger partial charge in [0.1, 0.15) is 5.82 Å². The van der Waals surface area contributed by atoms with Crippen molar-refractivity contribution in [1.29, 1.82) is 0 Å². The lowest BCUT2D eigenvalue weighted by molar-refractivity contribution is 0.331. The predicted molar refractivity (Wildman–Crippen MR) is 110 cm³/mol. The number of hydrogen-bond donors (Lipinski definition) is 2. The van der Waals surface area contributed by atoms with Gasteiger partial charge < -0.3 is 9.88 Å². The van der Waals surface area contributed by atoms with Gasteiger partial charge in [0.05, 0.1) is 11.4 Å². The van der Waals surface area contributed by atoms with Crippen molar-refractivity contribution in [3.8, 4) is 11.4 Å². The molecule has 1 aliphatic rings. The van der Waals surface area contributed by atoms with E-state index in [0.717, 1.165) is 55.0 Å². The minimum absolute atomic E-state index is 0.0689. The van der Waals surface area contributed by atoms with E-state index in [1.165, 1.54) is 11.1 Å². The zero-order chi connectivity index (χ0) is 19.7. The van der Waals surface area contributed by atoms with Crippen LogP contribution in [0.15, 0.2) is 35.1 Å². The van der Waals surface area contributed by atoms with E-state index in [1.807, 2.05) is 19.1 Å². The molecule has 0 atom stereocenters. The molecule has 1 aliphatic carbocycles. The first kappa shape index (κ1) is 18.6. The molecular formula is C22H27N5O. The number of aryl methyl sites for hydroxylation is 2. The van der Waals surface area contributed by atoms with Gasteiger partial charge in [-0.25, -0.2) is 4.98 Å². The molecule has 0 bridgehead atoms. The van der Waals surface area contributed by atoms with Crippen molar-refractivity contribution in [2.24, 2.45) is 0 Å². The summed E-state index contributed by atoms with van der Waals surface area (Å²) < 4.78 is 0. The second-order valence-corrected chi connectivity index (χ2v) is 7.89. The van der Waals surface area contributed by atoms with Crippen LogP contribution in [0.3, 0.4) is 0 Å². The molecule has 2 N–H and O–H groups in total. The average molecular weight is 377 g/mol. The molecule has 6 heteroatoms. The lowest BCUT2D eigenvalue weighted by Gasteiger charge is -2.17. The van der Waals surface area contributed by atoms with Gasteiger partial charge in [-0.1, -0.05) is 24.3 Å². The Morgan fingerprint density at radius 2 is 1.93 bits per heavy atom. The number of nitrogens with one attached hydrogen (secondary N) is 2. The zero-order valence-electron chi connectivity index (χ0n) is 16.7. The van der Waals surface area contributed by atoms with Gasteiger partial charge in [-0.3, -0.25) is 9.89 Å². The fourth-order valence-corrected chi connectivity index (χ4v) is 3.61. The van der Waals surface area contributed by atoms with Gasteiger partial charge in [-0.15, -0.1) is 0 Å². The van der Waals surface area contributed by atoms with Crippen LogP contribution in [-0.2, 0) is 13.0 Å². The number of likely N-dealkylation sites (N-methyl/N-ethyl adjacent to an activating group) is 1. The molecule has 28 heavy (non-hydrogen) atoms. The quantitative estimate of drug-likeness (QED) is 0.662. The molecule has 1 aromatic carbocycles. The fourth-order valence-electron chi connectivity index (χ4n) is 3.61. The second-order valence-electron chi connectivity index (χ2n) is 7.89. The number of aromatic nitrogens is 4. The monoisotopic (exact) mass is 377 g/mol. The summed E-state index contributed by atoms with van der Waals surface area (Å²) in [4.78, 5) is 21.8. The Morgan fingerprint density at radius 1 is 1.18 bits per heavy atom. The normalized spacial score (nSPS) is 14.0. The molecule has 2 aromatic heterocycles. The fraction of sp³-hybridized carbons (Fsp3) is 0.409. The van der Waals surface area contributed by atoms with Crippen molar-refractivity contribution < 1.29 is 0 Å². The lowest BCUT2D eigenvalue weighted by Crippen LogP contribution is -2.21. The first-order valence-corrected chi connectivity index (χ1v) is 9.89. The summed E-state index contributed by atoms with van der Waals surface area (Å²) in [6.45, 7) is 5.97. The highest BCUT2D eigenvalue weighted by atomic mass is 16.1. The van der Waals surface area contributed by atoms with Crippen LogP contribution in [0.5, 0.6) is 0 Å². The van der Waals surface area contributed by atoms with Crippen LogP contribution < -0.4 is 5.56 Å². The van der Waals surface area contributed by atoms with Crippen LogP contribution >= 0.6 is 0 Å². The number of H-pyrrole nitrogens is 2. The van der Waals surface area contributed by atoms with Gasteiger partial charge in [-0.05, 0) is 51.3 Å². The van der Waals surface area contributed by atoms with Crippen molar-refractivity contribution in [2.75, 3.05) is 13.6 Å². The maximum absolute atomic E-state index is 11.9. The van der Waals surface area contributed by atoms with Crippen molar-refractivity contribution in [1.82, 2.24) is 25.1 Å². The van der Waals surface area contributed by atoms with E-state index in [-0.39, 0.29) is 5.56 Å². The minimum atomic E-state index is -0.0689. The van der Waals surface area contributed by atoms with Gasteiger partial charge >= 0.3 is 0 Å². The van der Waals surface area contributed by atoms with Gasteiger partial charge in [0.25, 0.3) is 5.56 Å². The smallest absolute Gasteiger partial charge is 0.251 e. The SMILES string of the molecule is Cc1n[nH]c(C)c1CCN(C)Cc1ccc(-c2nc(C3CC3)cc(=O)[nH]2)cc1. The Kier molecular flexibility index (Phi) is 5.13. The molecule has 0 amide bonds. The number of aromatic amines is 2. The van der Waals surface area contributed by atoms with Crippen molar-refractivity contribution >= 4 is 0 Å². The number of benzene rings is 1. The molecule has 3 aromatic rings. The summed E-state index contributed by atoms with van der Waals surface area (Å²) in [5, 5.41) is 7.32. The van der Waals surface area contributed by atoms with Gasteiger partial charge in [0, 0.05) is 36.3 Å². The Balaban J connectivity index is 1.40. The highest BCUT2D eigenvalue weighted by Crippen LogP contribution is 2.38. The summed E-state index contributed by atoms with van der Waals surface area (Å²) >= 11 is 0. The van der Waals surface area contributed by atoms with Crippen LogP contribution in [0, 0.1) is 13.8 Å². The molecule has 4 rings (SSSR count). The van der Waals surface area contributed by atoms with Crippen LogP contribution in [0.1, 0.15) is 47.0 Å². The maximum atomic E-state index is 11.9. The zero-order valence-corrected chi connectivity index (χ0v) is 16.7. The third kappa shape index (κ3) is 4.22. The van der Waals surface area contributed by atoms with Gasteiger partial charge in [0.15, 0.2) is 0 Å². The van der Waals surface area contributed by atoms with Crippen LogP contribution in [0.2, 0.25) is 0 Å². The largest absolute Gasteiger partial charge is 0.307 e. The van der Waals surface area contributed by atoms with Gasteiger partial charge in [-0.2, -0.15) is 5.10 Å². The molecule has 2 heterocycles. The molecule has 6 nitrogen and oxygen atoms in total. The highest BCUT2D eigenvalue weighted by molar-refractivity contribution is 5.55. The summed E-state index contributed by atoms with van der Waals surface area (Å²) in [6.07, 6.45) is 3.26. The molecule has 0 saturated heterocycles. The Bertz CT molecular complexity index is 995. The van der Waals surface area contributed by atoms with Crippen molar-refractivity contribution in [2.45, 2.75) is 45.6 Å². The molecule has 1 saturated carbocycles. The Hall–Kier alpha value is -2.73. The third-order valence-corrected chi connectivity index (χ3v) is 5.46. The topological polar surface area (TPSA) is 77.7 Å². The molecular weight excluding hydrogens is 350 g/mol. The molecule has 0 unspecified atom stereocenters. The van der Waals surface area contributed by atoms with Crippen LogP contribution in [-0.4, -0.2) is 38.7 Å². The Labute approximate surface area is 165 Å². The second kappa shape index (κ2) is 7.72. The van der Waals surface area contributed by atoms with E-state index in [1.54, 1.807) is 6.07 Å². The molecule has 146 valence electrons. The summed E-state index contributed by atoms with van der Waals surface area (Å²) in [5.74, 6) is 1.14. The third-order valence-electron chi connectivity index (χ3n) is 5.46. The number of rotatable bonds is 7. The number of hydrogen-bond acceptors (Lipinski definition) is 4. The van der Waals surface area contributed by atoms with Gasteiger partial charge in [0.2, 0.25) is 0 Å². The van der Waals surface area contributed by atoms with E-state index in [4.69, 9.17) is 0 Å². The van der Waals surface area contributed by atoms with E-state index < -0.39 is 0 Å². The standard InChI is InChI=1S/C22H27N5O/c1-14-19(15(2)26-25-14)10-11-27(3)13-16-4-6-18(7-5-16)22-23-20(17-8-9-17)12-21(28)24-22/h4-7,12,17H,8-11,13H2,1-3H3,(H,25,26)(H,23,24,28). The maximum Gasteiger partial charge on any atom is 0.251 e. The van der Waals surface area contributed by atoms with E-state index in [0.29, 0.717) is 11.7 Å². The lowest BCUT2D eigenvalue weighted by atomic mass is 10.1. The van der Waals surface area contributed by atoms with E-state index >= 15 is 0 Å². The first-order chi connectivity index (χ1) is 13.5. The predicted octanol–water partition coefficient (Wildman–Crippen LogP) is 3.33. The van der Waals surface area contributed by atoms with E-state index in [9.17, 15) is 4.79 Å². The highest BCUT2D eigenvalue weighted by Gasteiger charge is 2.25. The summed E-state index contributed by atoms with van der Waals surface area (Å²) in [6, 6.07) is 9.95. The van der Waals surface area contributed by atoms with Crippen LogP contribution in [0.4, 0.5) is 0 Å². The first-order valence-electron chi connectivity index (χ1n) is 9.89. The van der Waals surface area contributed by atoms with Crippen molar-refractivity contribution in [3.05, 3.63) is 68.9 Å². The van der Waals surface area contributed by atoms with Crippen molar-refractivity contribution in [3.63, 3.8) is 0 Å². The summed E-state index contributed by atoms with van der Waals surface area (Å²) in [5.41, 5.74) is 6.61. The summed E-state index contributed by atoms with van der Waals surface area (Å²) in [7, 11) is 2.14. The molecule has 0 radical (unpaired) electrons.